The van der Waals surface area contributed by atoms with E-state index in [-0.39, 0.29) is 17.6 Å². The molecule has 2 rings (SSSR count). The Labute approximate surface area is 137 Å². The summed E-state index contributed by atoms with van der Waals surface area (Å²) in [6, 6.07) is 6.20. The van der Waals surface area contributed by atoms with Gasteiger partial charge in [0, 0.05) is 30.8 Å². The van der Waals surface area contributed by atoms with Crippen LogP contribution in [0, 0.1) is 5.92 Å². The van der Waals surface area contributed by atoms with Crippen LogP contribution in [0.3, 0.4) is 0 Å². The SMILES string of the molecule is CC(=O)c1cccc(C(=O)N2CCN(CC(C)C)C(=O)[C@H]2C)c1. The highest BCUT2D eigenvalue weighted by atomic mass is 16.2. The van der Waals surface area contributed by atoms with Crippen molar-refractivity contribution in [1.82, 2.24) is 9.80 Å². The van der Waals surface area contributed by atoms with Gasteiger partial charge in [-0.2, -0.15) is 0 Å². The Morgan fingerprint density at radius 2 is 1.87 bits per heavy atom. The second-order valence-corrected chi connectivity index (χ2v) is 6.49. The molecule has 1 aromatic carbocycles. The molecule has 5 nitrogen and oxygen atoms in total. The van der Waals surface area contributed by atoms with E-state index in [1.165, 1.54) is 6.92 Å². The Kier molecular flexibility index (Phi) is 5.19. The first kappa shape index (κ1) is 17.2. The Morgan fingerprint density at radius 1 is 1.22 bits per heavy atom. The van der Waals surface area contributed by atoms with E-state index in [9.17, 15) is 14.4 Å². The number of Topliss-reactive ketones (excluding diaryl/α,β-unsaturated/α-hetero) is 1. The molecule has 0 spiro atoms. The normalized spacial score (nSPS) is 18.5. The molecule has 0 aromatic heterocycles. The Hall–Kier alpha value is -2.17. The average Bonchev–Trinajstić information content (AvgIpc) is 2.51. The largest absolute Gasteiger partial charge is 0.339 e. The Morgan fingerprint density at radius 3 is 2.48 bits per heavy atom. The second kappa shape index (κ2) is 6.94. The van der Waals surface area contributed by atoms with Gasteiger partial charge in [0.15, 0.2) is 5.78 Å². The molecule has 0 N–H and O–H groups in total. The van der Waals surface area contributed by atoms with Gasteiger partial charge in [-0.1, -0.05) is 26.0 Å². The molecule has 1 saturated heterocycles. The lowest BCUT2D eigenvalue weighted by Crippen LogP contribution is -2.58. The van der Waals surface area contributed by atoms with Gasteiger partial charge in [0.25, 0.3) is 5.91 Å². The van der Waals surface area contributed by atoms with Crippen LogP contribution in [-0.4, -0.2) is 53.1 Å². The summed E-state index contributed by atoms with van der Waals surface area (Å²) in [5.41, 5.74) is 0.961. The number of carbonyl (C=O) groups is 3. The maximum Gasteiger partial charge on any atom is 0.254 e. The predicted molar refractivity (Wildman–Crippen MR) is 88.4 cm³/mol. The minimum Gasteiger partial charge on any atom is -0.339 e. The van der Waals surface area contributed by atoms with Gasteiger partial charge in [-0.05, 0) is 31.9 Å². The van der Waals surface area contributed by atoms with Gasteiger partial charge < -0.3 is 9.80 Å². The van der Waals surface area contributed by atoms with E-state index >= 15 is 0 Å². The summed E-state index contributed by atoms with van der Waals surface area (Å²) >= 11 is 0. The lowest BCUT2D eigenvalue weighted by Gasteiger charge is -2.39. The van der Waals surface area contributed by atoms with E-state index in [4.69, 9.17) is 0 Å². The molecule has 124 valence electrons. The summed E-state index contributed by atoms with van der Waals surface area (Å²) < 4.78 is 0. The van der Waals surface area contributed by atoms with Gasteiger partial charge in [0.2, 0.25) is 5.91 Å². The van der Waals surface area contributed by atoms with Gasteiger partial charge in [-0.15, -0.1) is 0 Å². The number of ketones is 1. The molecule has 23 heavy (non-hydrogen) atoms. The van der Waals surface area contributed by atoms with Crippen LogP contribution in [0.5, 0.6) is 0 Å². The zero-order chi connectivity index (χ0) is 17.1. The summed E-state index contributed by atoms with van der Waals surface area (Å²) in [6.45, 7) is 9.17. The molecule has 0 saturated carbocycles. The predicted octanol–water partition coefficient (Wildman–Crippen LogP) is 2.22. The zero-order valence-electron chi connectivity index (χ0n) is 14.2. The van der Waals surface area contributed by atoms with Crippen molar-refractivity contribution in [1.29, 1.82) is 0 Å². The van der Waals surface area contributed by atoms with Crippen LogP contribution in [-0.2, 0) is 4.79 Å². The highest BCUT2D eigenvalue weighted by Gasteiger charge is 2.34. The van der Waals surface area contributed by atoms with Crippen molar-refractivity contribution in [2.45, 2.75) is 33.7 Å². The second-order valence-electron chi connectivity index (χ2n) is 6.49. The number of hydrogen-bond donors (Lipinski definition) is 0. The molecule has 0 unspecified atom stereocenters. The molecule has 5 heteroatoms. The molecule has 1 heterocycles. The maximum absolute atomic E-state index is 12.7. The Bertz CT molecular complexity index is 624. The van der Waals surface area contributed by atoms with Crippen molar-refractivity contribution in [2.24, 2.45) is 5.92 Å². The summed E-state index contributed by atoms with van der Waals surface area (Å²) in [6.07, 6.45) is 0. The fraction of sp³-hybridized carbons (Fsp3) is 0.500. The van der Waals surface area contributed by atoms with Crippen LogP contribution in [0.2, 0.25) is 0 Å². The molecule has 0 bridgehead atoms. The molecule has 2 amide bonds. The monoisotopic (exact) mass is 316 g/mol. The molecule has 1 aliphatic heterocycles. The number of rotatable bonds is 4. The molecule has 0 radical (unpaired) electrons. The van der Waals surface area contributed by atoms with E-state index in [0.717, 1.165) is 0 Å². The first-order valence-electron chi connectivity index (χ1n) is 8.02. The van der Waals surface area contributed by atoms with E-state index in [1.54, 1.807) is 36.1 Å². The van der Waals surface area contributed by atoms with Crippen molar-refractivity contribution in [3.63, 3.8) is 0 Å². The third kappa shape index (κ3) is 3.78. The molecule has 0 aliphatic carbocycles. The van der Waals surface area contributed by atoms with E-state index in [0.29, 0.717) is 36.7 Å². The average molecular weight is 316 g/mol. The molecule has 1 aliphatic rings. The molecule has 1 atom stereocenters. The van der Waals surface area contributed by atoms with E-state index in [2.05, 4.69) is 13.8 Å². The number of benzene rings is 1. The van der Waals surface area contributed by atoms with E-state index < -0.39 is 6.04 Å². The van der Waals surface area contributed by atoms with Crippen LogP contribution in [0.4, 0.5) is 0 Å². The summed E-state index contributed by atoms with van der Waals surface area (Å²) in [5, 5.41) is 0. The van der Waals surface area contributed by atoms with E-state index in [1.807, 2.05) is 4.90 Å². The lowest BCUT2D eigenvalue weighted by atomic mass is 10.0. The first-order valence-corrected chi connectivity index (χ1v) is 8.02. The molecular formula is C18H24N2O3. The van der Waals surface area contributed by atoms with Gasteiger partial charge in [0.05, 0.1) is 0 Å². The minimum absolute atomic E-state index is 0.0129. The van der Waals surface area contributed by atoms with Crippen LogP contribution in [0.15, 0.2) is 24.3 Å². The van der Waals surface area contributed by atoms with Gasteiger partial charge in [-0.25, -0.2) is 0 Å². The van der Waals surface area contributed by atoms with Gasteiger partial charge in [-0.3, -0.25) is 14.4 Å². The number of hydrogen-bond acceptors (Lipinski definition) is 3. The first-order chi connectivity index (χ1) is 10.8. The van der Waals surface area contributed by atoms with Crippen molar-refractivity contribution >= 4 is 17.6 Å². The maximum atomic E-state index is 12.7. The topological polar surface area (TPSA) is 57.7 Å². The van der Waals surface area contributed by atoms with Crippen molar-refractivity contribution in [3.05, 3.63) is 35.4 Å². The lowest BCUT2D eigenvalue weighted by molar-refractivity contribution is -0.140. The molecule has 1 aromatic rings. The highest BCUT2D eigenvalue weighted by Crippen LogP contribution is 2.17. The van der Waals surface area contributed by atoms with Crippen LogP contribution in [0.1, 0.15) is 48.4 Å². The fourth-order valence-corrected chi connectivity index (χ4v) is 2.87. The van der Waals surface area contributed by atoms with Crippen molar-refractivity contribution in [3.8, 4) is 0 Å². The molecular weight excluding hydrogens is 292 g/mol. The van der Waals surface area contributed by atoms with Crippen molar-refractivity contribution in [2.75, 3.05) is 19.6 Å². The number of carbonyl (C=O) groups excluding carboxylic acids is 3. The third-order valence-corrected chi connectivity index (χ3v) is 4.11. The summed E-state index contributed by atoms with van der Waals surface area (Å²) in [5.74, 6) is 0.116. The number of nitrogens with zero attached hydrogens (tertiary/aromatic N) is 2. The summed E-state index contributed by atoms with van der Waals surface area (Å²) in [4.78, 5) is 40.1. The van der Waals surface area contributed by atoms with Gasteiger partial charge >= 0.3 is 0 Å². The van der Waals surface area contributed by atoms with Crippen molar-refractivity contribution < 1.29 is 14.4 Å². The van der Waals surface area contributed by atoms with Gasteiger partial charge in [0.1, 0.15) is 6.04 Å². The highest BCUT2D eigenvalue weighted by molar-refractivity contribution is 6.01. The Balaban J connectivity index is 2.16. The summed E-state index contributed by atoms with van der Waals surface area (Å²) in [7, 11) is 0. The number of amides is 2. The third-order valence-electron chi connectivity index (χ3n) is 4.11. The number of piperazine rings is 1. The quantitative estimate of drug-likeness (QED) is 0.800. The van der Waals surface area contributed by atoms with Crippen LogP contribution in [0.25, 0.3) is 0 Å². The standard InChI is InChI=1S/C18H24N2O3/c1-12(2)11-19-8-9-20(13(3)17(19)22)18(23)16-7-5-6-15(10-16)14(4)21/h5-7,10,12-13H,8-9,11H2,1-4H3/t13-/m1/s1. The minimum atomic E-state index is -0.476. The van der Waals surface area contributed by atoms with Crippen LogP contribution >= 0.6 is 0 Å². The smallest absolute Gasteiger partial charge is 0.254 e. The molecule has 1 fully saturated rings. The fourth-order valence-electron chi connectivity index (χ4n) is 2.87. The van der Waals surface area contributed by atoms with Crippen LogP contribution < -0.4 is 0 Å². The zero-order valence-corrected chi connectivity index (χ0v) is 14.2.